The van der Waals surface area contributed by atoms with Crippen molar-refractivity contribution in [2.24, 2.45) is 0 Å². The number of para-hydroxylation sites is 1. The number of pyridine rings is 1. The summed E-state index contributed by atoms with van der Waals surface area (Å²) in [7, 11) is 1.89. The van der Waals surface area contributed by atoms with E-state index in [0.717, 1.165) is 34.7 Å². The molecular weight excluding hydrogens is 252 g/mol. The van der Waals surface area contributed by atoms with Crippen molar-refractivity contribution in [2.75, 3.05) is 7.05 Å². The molecule has 2 heterocycles. The fraction of sp³-hybridized carbons (Fsp3) is 0.188. The maximum absolute atomic E-state index is 5.71. The minimum atomic E-state index is 0.406. The lowest BCUT2D eigenvalue weighted by molar-refractivity contribution is 0.265. The smallest absolute Gasteiger partial charge is 0.146 e. The molecule has 4 heteroatoms. The van der Waals surface area contributed by atoms with E-state index in [9.17, 15) is 0 Å². The highest BCUT2D eigenvalue weighted by Gasteiger charge is 2.03. The van der Waals surface area contributed by atoms with Gasteiger partial charge in [-0.25, -0.2) is 0 Å². The number of hydrogen-bond donors (Lipinski definition) is 1. The van der Waals surface area contributed by atoms with Crippen molar-refractivity contribution in [2.45, 2.75) is 13.2 Å². The highest BCUT2D eigenvalue weighted by atomic mass is 16.5. The highest BCUT2D eigenvalue weighted by molar-refractivity contribution is 5.79. The molecule has 0 amide bonds. The van der Waals surface area contributed by atoms with Crippen molar-refractivity contribution in [1.29, 1.82) is 0 Å². The Balaban J connectivity index is 1.69. The predicted molar refractivity (Wildman–Crippen MR) is 77.5 cm³/mol. The zero-order valence-electron chi connectivity index (χ0n) is 11.3. The molecule has 4 nitrogen and oxygen atoms in total. The average Bonchev–Trinajstić information content (AvgIpc) is 2.93. The van der Waals surface area contributed by atoms with Gasteiger partial charge in [0.05, 0.1) is 18.3 Å². The van der Waals surface area contributed by atoms with Crippen LogP contribution in [0.15, 0.2) is 53.1 Å². The number of fused-ring (bicyclic) bond motifs is 1. The summed E-state index contributed by atoms with van der Waals surface area (Å²) in [5.74, 6) is 2.46. The minimum Gasteiger partial charge on any atom is -0.484 e. The van der Waals surface area contributed by atoms with E-state index in [-0.39, 0.29) is 0 Å². The molecule has 0 aliphatic rings. The fourth-order valence-corrected chi connectivity index (χ4v) is 2.05. The van der Waals surface area contributed by atoms with Gasteiger partial charge in [-0.15, -0.1) is 0 Å². The summed E-state index contributed by atoms with van der Waals surface area (Å²) < 4.78 is 11.3. The van der Waals surface area contributed by atoms with Crippen LogP contribution in [-0.2, 0) is 13.2 Å². The van der Waals surface area contributed by atoms with Gasteiger partial charge in [-0.05, 0) is 31.3 Å². The third kappa shape index (κ3) is 2.81. The van der Waals surface area contributed by atoms with Crippen LogP contribution < -0.4 is 10.1 Å². The summed E-state index contributed by atoms with van der Waals surface area (Å²) >= 11 is 0. The number of benzene rings is 1. The number of nitrogens with one attached hydrogen (secondary N) is 1. The van der Waals surface area contributed by atoms with E-state index < -0.39 is 0 Å². The van der Waals surface area contributed by atoms with Gasteiger partial charge in [-0.3, -0.25) is 4.98 Å². The van der Waals surface area contributed by atoms with Crippen molar-refractivity contribution < 1.29 is 9.15 Å². The monoisotopic (exact) mass is 268 g/mol. The van der Waals surface area contributed by atoms with E-state index in [1.54, 1.807) is 6.20 Å². The molecule has 0 aliphatic heterocycles. The molecule has 0 atom stereocenters. The third-order valence-corrected chi connectivity index (χ3v) is 3.01. The SMILES string of the molecule is CNCc1ccc(COc2cnc3ccccc3c2)o1. The van der Waals surface area contributed by atoms with Gasteiger partial charge >= 0.3 is 0 Å². The number of hydrogen-bond acceptors (Lipinski definition) is 4. The van der Waals surface area contributed by atoms with Gasteiger partial charge in [0.15, 0.2) is 0 Å². The van der Waals surface area contributed by atoms with Gasteiger partial charge in [-0.2, -0.15) is 0 Å². The first kappa shape index (κ1) is 12.7. The van der Waals surface area contributed by atoms with Gasteiger partial charge in [0.2, 0.25) is 0 Å². The zero-order valence-corrected chi connectivity index (χ0v) is 11.3. The Morgan fingerprint density at radius 1 is 1.15 bits per heavy atom. The second-order valence-electron chi connectivity index (χ2n) is 4.55. The number of aromatic nitrogens is 1. The first-order valence-electron chi connectivity index (χ1n) is 6.55. The second kappa shape index (κ2) is 5.75. The summed E-state index contributed by atoms with van der Waals surface area (Å²) in [5.41, 5.74) is 0.967. The summed E-state index contributed by atoms with van der Waals surface area (Å²) in [6.45, 7) is 1.13. The van der Waals surface area contributed by atoms with Crippen molar-refractivity contribution in [3.63, 3.8) is 0 Å². The van der Waals surface area contributed by atoms with E-state index in [1.165, 1.54) is 0 Å². The van der Waals surface area contributed by atoms with Crippen LogP contribution in [0.25, 0.3) is 10.9 Å². The Morgan fingerprint density at radius 2 is 2.00 bits per heavy atom. The standard InChI is InChI=1S/C16H16N2O2/c1-17-9-13-6-7-14(20-13)11-19-15-8-12-4-2-3-5-16(12)18-10-15/h2-8,10,17H,9,11H2,1H3. The minimum absolute atomic E-state index is 0.406. The average molecular weight is 268 g/mol. The van der Waals surface area contributed by atoms with Crippen molar-refractivity contribution in [3.05, 3.63) is 60.2 Å². The lowest BCUT2D eigenvalue weighted by Gasteiger charge is -2.05. The first-order valence-corrected chi connectivity index (χ1v) is 6.55. The molecule has 3 aromatic rings. The largest absolute Gasteiger partial charge is 0.484 e. The Kier molecular flexibility index (Phi) is 3.65. The van der Waals surface area contributed by atoms with Crippen LogP contribution >= 0.6 is 0 Å². The second-order valence-corrected chi connectivity index (χ2v) is 4.55. The van der Waals surface area contributed by atoms with Crippen molar-refractivity contribution in [1.82, 2.24) is 10.3 Å². The van der Waals surface area contributed by atoms with Crippen LogP contribution in [0.2, 0.25) is 0 Å². The highest BCUT2D eigenvalue weighted by Crippen LogP contribution is 2.19. The molecule has 0 bridgehead atoms. The summed E-state index contributed by atoms with van der Waals surface area (Å²) in [4.78, 5) is 4.36. The molecule has 0 aliphatic carbocycles. The molecule has 1 N–H and O–H groups in total. The van der Waals surface area contributed by atoms with Gasteiger partial charge in [0.25, 0.3) is 0 Å². The molecule has 102 valence electrons. The normalized spacial score (nSPS) is 10.8. The summed E-state index contributed by atoms with van der Waals surface area (Å²) in [6, 6.07) is 13.8. The fourth-order valence-electron chi connectivity index (χ4n) is 2.05. The number of ether oxygens (including phenoxy) is 1. The quantitative estimate of drug-likeness (QED) is 0.772. The molecule has 0 unspecified atom stereocenters. The van der Waals surface area contributed by atoms with Crippen LogP contribution in [0.4, 0.5) is 0 Å². The summed E-state index contributed by atoms with van der Waals surface area (Å²) in [6.07, 6.45) is 1.74. The Labute approximate surface area is 117 Å². The van der Waals surface area contributed by atoms with E-state index >= 15 is 0 Å². The predicted octanol–water partition coefficient (Wildman–Crippen LogP) is 3.13. The maximum atomic E-state index is 5.71. The van der Waals surface area contributed by atoms with Crippen LogP contribution in [-0.4, -0.2) is 12.0 Å². The molecule has 2 aromatic heterocycles. The van der Waals surface area contributed by atoms with Gasteiger partial charge in [0.1, 0.15) is 23.9 Å². The topological polar surface area (TPSA) is 47.3 Å². The van der Waals surface area contributed by atoms with Crippen molar-refractivity contribution in [3.8, 4) is 5.75 Å². The number of nitrogens with zero attached hydrogens (tertiary/aromatic N) is 1. The van der Waals surface area contributed by atoms with E-state index in [0.29, 0.717) is 6.61 Å². The number of furan rings is 1. The van der Waals surface area contributed by atoms with Crippen molar-refractivity contribution >= 4 is 10.9 Å². The molecule has 1 aromatic carbocycles. The van der Waals surface area contributed by atoms with E-state index in [4.69, 9.17) is 9.15 Å². The van der Waals surface area contributed by atoms with Gasteiger partial charge < -0.3 is 14.5 Å². The lowest BCUT2D eigenvalue weighted by atomic mass is 10.2. The first-order chi connectivity index (χ1) is 9.85. The molecule has 0 radical (unpaired) electrons. The molecule has 0 saturated carbocycles. The van der Waals surface area contributed by atoms with Gasteiger partial charge in [-0.1, -0.05) is 18.2 Å². The van der Waals surface area contributed by atoms with Crippen LogP contribution in [0.5, 0.6) is 5.75 Å². The maximum Gasteiger partial charge on any atom is 0.146 e. The Bertz CT molecular complexity index is 706. The van der Waals surface area contributed by atoms with Crippen LogP contribution in [0.3, 0.4) is 0 Å². The summed E-state index contributed by atoms with van der Waals surface area (Å²) in [5, 5.41) is 4.12. The molecule has 0 saturated heterocycles. The molecule has 0 fully saturated rings. The Hall–Kier alpha value is -2.33. The molecule has 20 heavy (non-hydrogen) atoms. The van der Waals surface area contributed by atoms with Gasteiger partial charge in [0, 0.05) is 5.39 Å². The van der Waals surface area contributed by atoms with Crippen LogP contribution in [0.1, 0.15) is 11.5 Å². The Morgan fingerprint density at radius 3 is 2.90 bits per heavy atom. The van der Waals surface area contributed by atoms with Crippen LogP contribution in [0, 0.1) is 0 Å². The molecular formula is C16H16N2O2. The zero-order chi connectivity index (χ0) is 13.8. The van der Waals surface area contributed by atoms with E-state index in [2.05, 4.69) is 10.3 Å². The van der Waals surface area contributed by atoms with E-state index in [1.807, 2.05) is 49.5 Å². The molecule has 0 spiro atoms. The number of rotatable bonds is 5. The molecule has 3 rings (SSSR count). The third-order valence-electron chi connectivity index (χ3n) is 3.01. The lowest BCUT2D eigenvalue weighted by Crippen LogP contribution is -2.03.